The van der Waals surface area contributed by atoms with Crippen LogP contribution in [0.2, 0.25) is 10.0 Å². The summed E-state index contributed by atoms with van der Waals surface area (Å²) < 4.78 is 0. The summed E-state index contributed by atoms with van der Waals surface area (Å²) in [7, 11) is 2.03. The van der Waals surface area contributed by atoms with Crippen LogP contribution in [0.5, 0.6) is 0 Å². The molecule has 1 aromatic rings. The zero-order valence-corrected chi connectivity index (χ0v) is 12.0. The van der Waals surface area contributed by atoms with Gasteiger partial charge in [0.2, 0.25) is 5.91 Å². The number of benzene rings is 1. The summed E-state index contributed by atoms with van der Waals surface area (Å²) in [6.45, 7) is 3.72. The number of hydrogen-bond donors (Lipinski definition) is 1. The zero-order valence-electron chi connectivity index (χ0n) is 10.5. The van der Waals surface area contributed by atoms with Crippen LogP contribution < -0.4 is 5.32 Å². The van der Waals surface area contributed by atoms with Gasteiger partial charge in [-0.05, 0) is 45.1 Å². The second-order valence-corrected chi connectivity index (χ2v) is 5.95. The average Bonchev–Trinajstić information content (AvgIpc) is 2.65. The number of carbonyl (C=O) groups excluding carboxylic acids is 1. The Morgan fingerprint density at radius 2 is 2.11 bits per heavy atom. The van der Waals surface area contributed by atoms with Crippen molar-refractivity contribution < 1.29 is 4.79 Å². The number of nitrogens with zero attached hydrogens (tertiary/aromatic N) is 1. The Labute approximate surface area is 117 Å². The Bertz CT molecular complexity index is 478. The number of rotatable bonds is 2. The molecule has 1 aliphatic rings. The highest BCUT2D eigenvalue weighted by Gasteiger charge is 2.38. The molecule has 1 aliphatic heterocycles. The van der Waals surface area contributed by atoms with Crippen LogP contribution in [0.15, 0.2) is 18.2 Å². The van der Waals surface area contributed by atoms with Crippen molar-refractivity contribution in [1.82, 2.24) is 4.90 Å². The molecule has 18 heavy (non-hydrogen) atoms. The molecule has 5 heteroatoms. The van der Waals surface area contributed by atoms with E-state index in [-0.39, 0.29) is 11.3 Å². The van der Waals surface area contributed by atoms with Crippen LogP contribution in [0.3, 0.4) is 0 Å². The molecule has 0 bridgehead atoms. The Kier molecular flexibility index (Phi) is 3.85. The number of carbonyl (C=O) groups is 1. The molecule has 0 aromatic heterocycles. The first-order valence-corrected chi connectivity index (χ1v) is 6.61. The SMILES string of the molecule is CN1CCC(C)(C(=O)Nc2ccc(Cl)c(Cl)c2)C1. The van der Waals surface area contributed by atoms with Crippen LogP contribution in [0.25, 0.3) is 0 Å². The number of anilines is 1. The predicted octanol–water partition coefficient (Wildman–Crippen LogP) is 3.27. The van der Waals surface area contributed by atoms with Crippen molar-refractivity contribution in [3.05, 3.63) is 28.2 Å². The quantitative estimate of drug-likeness (QED) is 0.905. The van der Waals surface area contributed by atoms with E-state index < -0.39 is 0 Å². The molecular formula is C13H16Cl2N2O. The first kappa shape index (κ1) is 13.7. The van der Waals surface area contributed by atoms with Gasteiger partial charge in [0.05, 0.1) is 15.5 Å². The molecular weight excluding hydrogens is 271 g/mol. The molecule has 0 saturated carbocycles. The highest BCUT2D eigenvalue weighted by Crippen LogP contribution is 2.31. The number of halogens is 2. The summed E-state index contributed by atoms with van der Waals surface area (Å²) in [5.74, 6) is 0.0326. The smallest absolute Gasteiger partial charge is 0.231 e. The van der Waals surface area contributed by atoms with Crippen LogP contribution in [0, 0.1) is 5.41 Å². The van der Waals surface area contributed by atoms with Gasteiger partial charge < -0.3 is 10.2 Å². The molecule has 1 fully saturated rings. The molecule has 2 rings (SSSR count). The summed E-state index contributed by atoms with van der Waals surface area (Å²) in [5, 5.41) is 3.84. The minimum Gasteiger partial charge on any atom is -0.326 e. The van der Waals surface area contributed by atoms with Gasteiger partial charge in [-0.2, -0.15) is 0 Å². The molecule has 0 aliphatic carbocycles. The monoisotopic (exact) mass is 286 g/mol. The molecule has 3 nitrogen and oxygen atoms in total. The van der Waals surface area contributed by atoms with E-state index in [1.165, 1.54) is 0 Å². The van der Waals surface area contributed by atoms with E-state index in [0.29, 0.717) is 15.7 Å². The topological polar surface area (TPSA) is 32.3 Å². The second kappa shape index (κ2) is 5.08. The molecule has 0 radical (unpaired) electrons. The van der Waals surface area contributed by atoms with Crippen molar-refractivity contribution in [2.45, 2.75) is 13.3 Å². The lowest BCUT2D eigenvalue weighted by Gasteiger charge is -2.22. The van der Waals surface area contributed by atoms with E-state index in [1.54, 1.807) is 18.2 Å². The van der Waals surface area contributed by atoms with Crippen molar-refractivity contribution >= 4 is 34.8 Å². The number of likely N-dealkylation sites (tertiary alicyclic amines) is 1. The van der Waals surface area contributed by atoms with E-state index in [1.807, 2.05) is 14.0 Å². The van der Waals surface area contributed by atoms with Gasteiger partial charge in [-0.15, -0.1) is 0 Å². The highest BCUT2D eigenvalue weighted by atomic mass is 35.5. The van der Waals surface area contributed by atoms with E-state index in [2.05, 4.69) is 10.2 Å². The zero-order chi connectivity index (χ0) is 13.3. The minimum absolute atomic E-state index is 0.0326. The van der Waals surface area contributed by atoms with E-state index >= 15 is 0 Å². The summed E-state index contributed by atoms with van der Waals surface area (Å²) in [6.07, 6.45) is 0.872. The maximum atomic E-state index is 12.3. The van der Waals surface area contributed by atoms with Crippen LogP contribution in [0.1, 0.15) is 13.3 Å². The Balaban J connectivity index is 2.09. The van der Waals surface area contributed by atoms with Crippen LogP contribution in [-0.2, 0) is 4.79 Å². The summed E-state index contributed by atoms with van der Waals surface area (Å²) in [5.41, 5.74) is 0.353. The maximum Gasteiger partial charge on any atom is 0.231 e. The van der Waals surface area contributed by atoms with Gasteiger partial charge in [-0.25, -0.2) is 0 Å². The minimum atomic E-state index is -0.332. The van der Waals surface area contributed by atoms with E-state index in [9.17, 15) is 4.79 Å². The van der Waals surface area contributed by atoms with Crippen molar-refractivity contribution in [3.8, 4) is 0 Å². The molecule has 1 aromatic carbocycles. The number of hydrogen-bond acceptors (Lipinski definition) is 2. The second-order valence-electron chi connectivity index (χ2n) is 5.13. The lowest BCUT2D eigenvalue weighted by Crippen LogP contribution is -2.35. The van der Waals surface area contributed by atoms with Gasteiger partial charge in [0.15, 0.2) is 0 Å². The molecule has 1 N–H and O–H groups in total. The normalized spacial score (nSPS) is 24.2. The fraction of sp³-hybridized carbons (Fsp3) is 0.462. The highest BCUT2D eigenvalue weighted by molar-refractivity contribution is 6.42. The molecule has 1 saturated heterocycles. The third-order valence-corrected chi connectivity index (χ3v) is 4.13. The van der Waals surface area contributed by atoms with Crippen molar-refractivity contribution in [1.29, 1.82) is 0 Å². The predicted molar refractivity (Wildman–Crippen MR) is 75.3 cm³/mol. The van der Waals surface area contributed by atoms with Crippen molar-refractivity contribution in [3.63, 3.8) is 0 Å². The Morgan fingerprint density at radius 3 is 2.67 bits per heavy atom. The third-order valence-electron chi connectivity index (χ3n) is 3.39. The van der Waals surface area contributed by atoms with E-state index in [0.717, 1.165) is 19.5 Å². The summed E-state index contributed by atoms with van der Waals surface area (Å²) in [6, 6.07) is 5.11. The fourth-order valence-electron chi connectivity index (χ4n) is 2.23. The van der Waals surface area contributed by atoms with Crippen molar-refractivity contribution in [2.75, 3.05) is 25.5 Å². The van der Waals surface area contributed by atoms with E-state index in [4.69, 9.17) is 23.2 Å². The largest absolute Gasteiger partial charge is 0.326 e. The third kappa shape index (κ3) is 2.79. The molecule has 1 atom stereocenters. The average molecular weight is 287 g/mol. The first-order chi connectivity index (χ1) is 8.40. The lowest BCUT2D eigenvalue weighted by atomic mass is 9.88. The molecule has 98 valence electrons. The van der Waals surface area contributed by atoms with Gasteiger partial charge in [-0.1, -0.05) is 23.2 Å². The van der Waals surface area contributed by atoms with Crippen molar-refractivity contribution in [2.24, 2.45) is 5.41 Å². The number of amides is 1. The maximum absolute atomic E-state index is 12.3. The van der Waals surface area contributed by atoms with Gasteiger partial charge in [0.1, 0.15) is 0 Å². The van der Waals surface area contributed by atoms with Crippen LogP contribution in [-0.4, -0.2) is 30.9 Å². The Hall–Kier alpha value is -0.770. The molecule has 1 heterocycles. The summed E-state index contributed by atoms with van der Waals surface area (Å²) >= 11 is 11.8. The van der Waals surface area contributed by atoms with Gasteiger partial charge in [-0.3, -0.25) is 4.79 Å². The number of nitrogens with one attached hydrogen (secondary N) is 1. The first-order valence-electron chi connectivity index (χ1n) is 5.86. The summed E-state index contributed by atoms with van der Waals surface area (Å²) in [4.78, 5) is 14.4. The van der Waals surface area contributed by atoms with Gasteiger partial charge in [0.25, 0.3) is 0 Å². The van der Waals surface area contributed by atoms with Crippen LogP contribution >= 0.6 is 23.2 Å². The molecule has 1 amide bonds. The molecule has 1 unspecified atom stereocenters. The van der Waals surface area contributed by atoms with Gasteiger partial charge >= 0.3 is 0 Å². The Morgan fingerprint density at radius 1 is 1.39 bits per heavy atom. The fourth-order valence-corrected chi connectivity index (χ4v) is 2.53. The van der Waals surface area contributed by atoms with Crippen LogP contribution in [0.4, 0.5) is 5.69 Å². The van der Waals surface area contributed by atoms with Gasteiger partial charge in [0, 0.05) is 12.2 Å². The molecule has 0 spiro atoms. The lowest BCUT2D eigenvalue weighted by molar-refractivity contribution is -0.124. The standard InChI is InChI=1S/C13H16Cl2N2O/c1-13(5-6-17(2)8-13)12(18)16-9-3-4-10(14)11(15)7-9/h3-4,7H,5-6,8H2,1-2H3,(H,16,18).